The molecule has 1 aliphatic heterocycles. The normalized spacial score (nSPS) is 15.9. The van der Waals surface area contributed by atoms with Gasteiger partial charge in [0.05, 0.1) is 12.1 Å². The van der Waals surface area contributed by atoms with Crippen molar-refractivity contribution in [2.75, 3.05) is 18.4 Å². The number of hydrogen-bond acceptors (Lipinski definition) is 4. The number of aromatic nitrogens is 1. The van der Waals surface area contributed by atoms with Crippen LogP contribution >= 0.6 is 0 Å². The van der Waals surface area contributed by atoms with Crippen LogP contribution in [0.1, 0.15) is 18.4 Å². The third-order valence-electron chi connectivity index (χ3n) is 5.38. The van der Waals surface area contributed by atoms with Gasteiger partial charge in [-0.15, -0.1) is 0 Å². The highest BCUT2D eigenvalue weighted by atomic mass is 19.1. The summed E-state index contributed by atoms with van der Waals surface area (Å²) < 4.78 is 19.9. The average Bonchev–Trinajstić information content (AvgIpc) is 2.85. The molecule has 2 aromatic carbocycles. The number of amides is 2. The van der Waals surface area contributed by atoms with Crippen LogP contribution in [0.25, 0.3) is 6.08 Å². The molecule has 0 aliphatic carbocycles. The number of carbonyl (C=O) groups is 2. The van der Waals surface area contributed by atoms with Crippen molar-refractivity contribution in [3.63, 3.8) is 0 Å². The van der Waals surface area contributed by atoms with Crippen molar-refractivity contribution < 1.29 is 18.7 Å². The molecule has 1 N–H and O–H groups in total. The lowest BCUT2D eigenvalue weighted by molar-refractivity contribution is -0.130. The summed E-state index contributed by atoms with van der Waals surface area (Å²) in [7, 11) is 0. The summed E-state index contributed by atoms with van der Waals surface area (Å²) in [6.45, 7) is 0.943. The van der Waals surface area contributed by atoms with Crippen LogP contribution in [-0.4, -0.2) is 34.8 Å². The number of nitrogens with one attached hydrogen (secondary N) is 1. The maximum Gasteiger partial charge on any atom is 0.246 e. The van der Waals surface area contributed by atoms with Crippen molar-refractivity contribution in [3.05, 3.63) is 90.5 Å². The van der Waals surface area contributed by atoms with Crippen LogP contribution in [0, 0.1) is 11.7 Å². The van der Waals surface area contributed by atoms with Gasteiger partial charge in [-0.05, 0) is 60.9 Å². The first-order valence-electron chi connectivity index (χ1n) is 10.8. The summed E-state index contributed by atoms with van der Waals surface area (Å²) in [6, 6.07) is 17.1. The molecule has 0 radical (unpaired) electrons. The highest BCUT2D eigenvalue weighted by Crippen LogP contribution is 2.25. The Morgan fingerprint density at radius 2 is 1.97 bits per heavy atom. The number of rotatable bonds is 6. The molecule has 0 bridgehead atoms. The predicted molar refractivity (Wildman–Crippen MR) is 124 cm³/mol. The summed E-state index contributed by atoms with van der Waals surface area (Å²) >= 11 is 0. The Hall–Kier alpha value is -4.00. The molecule has 3 aromatic rings. The highest BCUT2D eigenvalue weighted by molar-refractivity contribution is 5.95. The number of benzene rings is 2. The standard InChI is InChI=1S/C26H24FN3O3/c27-23-16-19(10-12-24(23)33-22-9-4-14-28-17-22)11-13-25(31)30-15-5-6-20(18-30)26(32)29-21-7-2-1-3-8-21/h1-4,7-14,16-17,20H,5-6,15,18H2,(H,29,32)/b13-11+. The maximum absolute atomic E-state index is 14.4. The van der Waals surface area contributed by atoms with E-state index in [4.69, 9.17) is 4.74 Å². The molecule has 1 fully saturated rings. The number of piperidine rings is 1. The molecule has 2 heterocycles. The first-order chi connectivity index (χ1) is 16.1. The van der Waals surface area contributed by atoms with Crippen LogP contribution in [0.15, 0.2) is 79.1 Å². The Kier molecular flexibility index (Phi) is 7.09. The average molecular weight is 445 g/mol. The number of halogens is 1. The van der Waals surface area contributed by atoms with Gasteiger partial charge in [0, 0.05) is 31.0 Å². The van der Waals surface area contributed by atoms with E-state index in [1.165, 1.54) is 24.4 Å². The molecule has 1 aliphatic rings. The van der Waals surface area contributed by atoms with Crippen LogP contribution in [-0.2, 0) is 9.59 Å². The van der Waals surface area contributed by atoms with Gasteiger partial charge in [-0.3, -0.25) is 14.6 Å². The fourth-order valence-electron chi connectivity index (χ4n) is 3.67. The van der Waals surface area contributed by atoms with Crippen molar-refractivity contribution in [1.29, 1.82) is 0 Å². The zero-order valence-electron chi connectivity index (χ0n) is 18.0. The monoisotopic (exact) mass is 445 g/mol. The number of carbonyl (C=O) groups excluding carboxylic acids is 2. The lowest BCUT2D eigenvalue weighted by atomic mass is 9.97. The quantitative estimate of drug-likeness (QED) is 0.548. The molecule has 1 atom stereocenters. The second-order valence-electron chi connectivity index (χ2n) is 7.79. The van der Waals surface area contributed by atoms with Crippen molar-refractivity contribution in [2.45, 2.75) is 12.8 Å². The smallest absolute Gasteiger partial charge is 0.246 e. The zero-order chi connectivity index (χ0) is 23.0. The SMILES string of the molecule is O=C(Nc1ccccc1)C1CCCN(C(=O)/C=C/c2ccc(Oc3cccnc3)c(F)c2)C1. The summed E-state index contributed by atoms with van der Waals surface area (Å²) in [5.74, 6) is -0.584. The highest BCUT2D eigenvalue weighted by Gasteiger charge is 2.27. The minimum Gasteiger partial charge on any atom is -0.453 e. The second kappa shape index (κ2) is 10.5. The Bertz CT molecular complexity index is 1140. The Morgan fingerprint density at radius 3 is 2.73 bits per heavy atom. The minimum absolute atomic E-state index is 0.0785. The van der Waals surface area contributed by atoms with Crippen LogP contribution in [0.4, 0.5) is 10.1 Å². The van der Waals surface area contributed by atoms with E-state index in [-0.39, 0.29) is 23.5 Å². The van der Waals surface area contributed by atoms with Gasteiger partial charge in [-0.2, -0.15) is 0 Å². The Balaban J connectivity index is 1.34. The van der Waals surface area contributed by atoms with Crippen LogP contribution in [0.5, 0.6) is 11.5 Å². The first-order valence-corrected chi connectivity index (χ1v) is 10.8. The number of nitrogens with zero attached hydrogens (tertiary/aromatic N) is 2. The third-order valence-corrected chi connectivity index (χ3v) is 5.38. The van der Waals surface area contributed by atoms with E-state index in [0.29, 0.717) is 24.4 Å². The number of pyridine rings is 1. The van der Waals surface area contributed by atoms with Crippen LogP contribution in [0.2, 0.25) is 0 Å². The number of likely N-dealkylation sites (tertiary alicyclic amines) is 1. The molecule has 6 nitrogen and oxygen atoms in total. The molecule has 1 saturated heterocycles. The van der Waals surface area contributed by atoms with E-state index in [1.54, 1.807) is 35.4 Å². The van der Waals surface area contributed by atoms with Crippen LogP contribution < -0.4 is 10.1 Å². The van der Waals surface area contributed by atoms with Crippen molar-refractivity contribution in [2.24, 2.45) is 5.92 Å². The summed E-state index contributed by atoms with van der Waals surface area (Å²) in [6.07, 6.45) is 7.56. The number of para-hydroxylation sites is 1. The maximum atomic E-state index is 14.4. The van der Waals surface area contributed by atoms with Gasteiger partial charge < -0.3 is 15.0 Å². The molecule has 168 valence electrons. The number of anilines is 1. The lowest BCUT2D eigenvalue weighted by Gasteiger charge is -2.31. The molecular weight excluding hydrogens is 421 g/mol. The largest absolute Gasteiger partial charge is 0.453 e. The molecule has 2 amide bonds. The Morgan fingerprint density at radius 1 is 1.12 bits per heavy atom. The van der Waals surface area contributed by atoms with Crippen molar-refractivity contribution in [3.8, 4) is 11.5 Å². The van der Waals surface area contributed by atoms with E-state index < -0.39 is 5.82 Å². The molecule has 33 heavy (non-hydrogen) atoms. The van der Waals surface area contributed by atoms with Crippen molar-refractivity contribution >= 4 is 23.6 Å². The van der Waals surface area contributed by atoms with E-state index in [2.05, 4.69) is 10.3 Å². The van der Waals surface area contributed by atoms with Gasteiger partial charge in [0.25, 0.3) is 0 Å². The summed E-state index contributed by atoms with van der Waals surface area (Å²) in [5.41, 5.74) is 1.28. The first kappa shape index (κ1) is 22.2. The summed E-state index contributed by atoms with van der Waals surface area (Å²) in [5, 5.41) is 2.91. The minimum atomic E-state index is -0.538. The van der Waals surface area contributed by atoms with E-state index in [1.807, 2.05) is 30.3 Å². The van der Waals surface area contributed by atoms with Gasteiger partial charge in [0.1, 0.15) is 5.75 Å². The Labute approximate surface area is 191 Å². The topological polar surface area (TPSA) is 71.5 Å². The van der Waals surface area contributed by atoms with E-state index in [9.17, 15) is 14.0 Å². The van der Waals surface area contributed by atoms with Gasteiger partial charge in [-0.25, -0.2) is 4.39 Å². The fourth-order valence-corrected chi connectivity index (χ4v) is 3.67. The third kappa shape index (κ3) is 6.04. The van der Waals surface area contributed by atoms with Gasteiger partial charge in [0.15, 0.2) is 11.6 Å². The molecule has 7 heteroatoms. The van der Waals surface area contributed by atoms with Gasteiger partial charge in [0.2, 0.25) is 11.8 Å². The van der Waals surface area contributed by atoms with Crippen LogP contribution in [0.3, 0.4) is 0 Å². The number of hydrogen-bond donors (Lipinski definition) is 1. The zero-order valence-corrected chi connectivity index (χ0v) is 18.0. The van der Waals surface area contributed by atoms with Crippen molar-refractivity contribution in [1.82, 2.24) is 9.88 Å². The molecule has 1 unspecified atom stereocenters. The van der Waals surface area contributed by atoms with E-state index >= 15 is 0 Å². The molecule has 1 aromatic heterocycles. The predicted octanol–water partition coefficient (Wildman–Crippen LogP) is 4.90. The lowest BCUT2D eigenvalue weighted by Crippen LogP contribution is -2.43. The number of ether oxygens (including phenoxy) is 1. The molecule has 4 rings (SSSR count). The summed E-state index contributed by atoms with van der Waals surface area (Å²) in [4.78, 5) is 30.9. The van der Waals surface area contributed by atoms with Gasteiger partial charge >= 0.3 is 0 Å². The fraction of sp³-hybridized carbons (Fsp3) is 0.192. The molecular formula is C26H24FN3O3. The van der Waals surface area contributed by atoms with E-state index in [0.717, 1.165) is 18.5 Å². The second-order valence-corrected chi connectivity index (χ2v) is 7.79. The van der Waals surface area contributed by atoms with Gasteiger partial charge in [-0.1, -0.05) is 24.3 Å². The molecule has 0 spiro atoms. The molecule has 0 saturated carbocycles.